The lowest BCUT2D eigenvalue weighted by Crippen LogP contribution is -2.39. The van der Waals surface area contributed by atoms with Crippen molar-refractivity contribution in [2.45, 2.75) is 25.8 Å². The molecule has 106 valence electrons. The number of nitrogen functional groups attached to an aromatic ring is 1. The first kappa shape index (κ1) is 14.1. The first-order valence-electron chi connectivity index (χ1n) is 6.62. The molecule has 1 aliphatic heterocycles. The van der Waals surface area contributed by atoms with Gasteiger partial charge in [0.05, 0.1) is 0 Å². The predicted molar refractivity (Wildman–Crippen MR) is 78.7 cm³/mol. The zero-order valence-electron chi connectivity index (χ0n) is 11.4. The summed E-state index contributed by atoms with van der Waals surface area (Å²) < 4.78 is 0. The molecule has 1 unspecified atom stereocenters. The minimum Gasteiger partial charge on any atom is -0.382 e. The highest BCUT2D eigenvalue weighted by atomic mass is 32.1. The van der Waals surface area contributed by atoms with Gasteiger partial charge in [0.1, 0.15) is 10.7 Å². The molecular formula is C12H21N5OS. The van der Waals surface area contributed by atoms with Crippen LogP contribution in [0.15, 0.2) is 0 Å². The monoisotopic (exact) mass is 283 g/mol. The second-order valence-electron chi connectivity index (χ2n) is 4.62. The highest BCUT2D eigenvalue weighted by Gasteiger charge is 2.24. The summed E-state index contributed by atoms with van der Waals surface area (Å²) in [6.45, 7) is 5.00. The highest BCUT2D eigenvalue weighted by Crippen LogP contribution is 2.24. The minimum absolute atomic E-state index is 0.126. The van der Waals surface area contributed by atoms with Crippen molar-refractivity contribution in [3.05, 3.63) is 4.88 Å². The van der Waals surface area contributed by atoms with Crippen LogP contribution in [0.4, 0.5) is 10.9 Å². The lowest BCUT2D eigenvalue weighted by Gasteiger charge is -2.22. The Hall–Kier alpha value is -1.34. The summed E-state index contributed by atoms with van der Waals surface area (Å²) in [7, 11) is 1.76. The molecule has 7 heteroatoms. The number of anilines is 2. The van der Waals surface area contributed by atoms with Gasteiger partial charge in [-0.2, -0.15) is 0 Å². The number of carbonyl (C=O) groups is 1. The summed E-state index contributed by atoms with van der Waals surface area (Å²) in [6.07, 6.45) is 2.36. The summed E-state index contributed by atoms with van der Waals surface area (Å²) in [5, 5.41) is 6.53. The van der Waals surface area contributed by atoms with E-state index in [-0.39, 0.29) is 5.91 Å². The molecule has 2 heterocycles. The molecule has 2 rings (SSSR count). The Balaban J connectivity index is 1.92. The van der Waals surface area contributed by atoms with E-state index in [1.807, 2.05) is 0 Å². The number of hydrogen-bond acceptors (Lipinski definition) is 6. The quantitative estimate of drug-likeness (QED) is 0.750. The fraction of sp³-hybridized carbons (Fsp3) is 0.667. The molecule has 4 N–H and O–H groups in total. The Labute approximate surface area is 117 Å². The standard InChI is InChI=1S/C12H21N5OS/c1-3-17-6-4-5-8(17)7-15-11(18)9-10(13)16-12(14-2)19-9/h8H,3-7,13H2,1-2H3,(H,14,16)(H,15,18). The average molecular weight is 283 g/mol. The first-order valence-corrected chi connectivity index (χ1v) is 7.43. The molecule has 1 fully saturated rings. The number of likely N-dealkylation sites (N-methyl/N-ethyl adjacent to an activating group) is 1. The van der Waals surface area contributed by atoms with Crippen molar-refractivity contribution in [1.29, 1.82) is 0 Å². The van der Waals surface area contributed by atoms with Crippen molar-refractivity contribution in [2.24, 2.45) is 0 Å². The van der Waals surface area contributed by atoms with Gasteiger partial charge in [-0.3, -0.25) is 9.69 Å². The van der Waals surface area contributed by atoms with Crippen molar-refractivity contribution < 1.29 is 4.79 Å². The number of likely N-dealkylation sites (tertiary alicyclic amines) is 1. The van der Waals surface area contributed by atoms with Crippen molar-refractivity contribution >= 4 is 28.2 Å². The SMILES string of the molecule is CCN1CCCC1CNC(=O)c1sc(NC)nc1N. The summed E-state index contributed by atoms with van der Waals surface area (Å²) in [4.78, 5) is 19.0. The van der Waals surface area contributed by atoms with E-state index in [2.05, 4.69) is 27.4 Å². The molecule has 1 atom stereocenters. The third-order valence-corrected chi connectivity index (χ3v) is 4.56. The van der Waals surface area contributed by atoms with Crippen molar-refractivity contribution in [1.82, 2.24) is 15.2 Å². The molecule has 1 aliphatic rings. The maximum Gasteiger partial charge on any atom is 0.265 e. The van der Waals surface area contributed by atoms with Crippen molar-refractivity contribution in [3.8, 4) is 0 Å². The molecule has 1 saturated heterocycles. The van der Waals surface area contributed by atoms with E-state index >= 15 is 0 Å². The van der Waals surface area contributed by atoms with Gasteiger partial charge in [-0.1, -0.05) is 18.3 Å². The smallest absolute Gasteiger partial charge is 0.265 e. The third kappa shape index (κ3) is 3.16. The van der Waals surface area contributed by atoms with Gasteiger partial charge in [0.15, 0.2) is 5.13 Å². The van der Waals surface area contributed by atoms with E-state index in [0.717, 1.165) is 19.5 Å². The van der Waals surface area contributed by atoms with Crippen LogP contribution in [0.25, 0.3) is 0 Å². The van der Waals surface area contributed by atoms with Crippen molar-refractivity contribution in [2.75, 3.05) is 37.7 Å². The van der Waals surface area contributed by atoms with Gasteiger partial charge in [0.2, 0.25) is 0 Å². The molecule has 0 radical (unpaired) electrons. The van der Waals surface area contributed by atoms with E-state index in [0.29, 0.717) is 28.4 Å². The van der Waals surface area contributed by atoms with Gasteiger partial charge in [-0.15, -0.1) is 0 Å². The fourth-order valence-electron chi connectivity index (χ4n) is 2.43. The van der Waals surface area contributed by atoms with Crippen LogP contribution in [0.2, 0.25) is 0 Å². The first-order chi connectivity index (χ1) is 9.15. The van der Waals surface area contributed by atoms with Gasteiger partial charge in [0, 0.05) is 19.6 Å². The number of nitrogens with zero attached hydrogens (tertiary/aromatic N) is 2. The van der Waals surface area contributed by atoms with Crippen LogP contribution in [0, 0.1) is 0 Å². The number of aromatic nitrogens is 1. The third-order valence-electron chi connectivity index (χ3n) is 3.48. The van der Waals surface area contributed by atoms with E-state index in [1.54, 1.807) is 7.05 Å². The van der Waals surface area contributed by atoms with Crippen LogP contribution in [0.5, 0.6) is 0 Å². The van der Waals surface area contributed by atoms with E-state index in [4.69, 9.17) is 5.73 Å². The van der Waals surface area contributed by atoms with Crippen LogP contribution < -0.4 is 16.4 Å². The number of nitrogens with two attached hydrogens (primary N) is 1. The van der Waals surface area contributed by atoms with Gasteiger partial charge >= 0.3 is 0 Å². The molecule has 6 nitrogen and oxygen atoms in total. The molecule has 19 heavy (non-hydrogen) atoms. The molecular weight excluding hydrogens is 262 g/mol. The number of thiazole rings is 1. The number of carbonyl (C=O) groups excluding carboxylic acids is 1. The Morgan fingerprint density at radius 3 is 3.05 bits per heavy atom. The second kappa shape index (κ2) is 6.21. The molecule has 1 aromatic heterocycles. The molecule has 1 amide bonds. The van der Waals surface area contributed by atoms with E-state index in [1.165, 1.54) is 17.8 Å². The topological polar surface area (TPSA) is 83.3 Å². The Morgan fingerprint density at radius 1 is 1.63 bits per heavy atom. The minimum atomic E-state index is -0.126. The molecule has 1 aromatic rings. The average Bonchev–Trinajstić information content (AvgIpc) is 3.01. The van der Waals surface area contributed by atoms with Gasteiger partial charge in [0.25, 0.3) is 5.91 Å². The summed E-state index contributed by atoms with van der Waals surface area (Å²) in [5.74, 6) is 0.171. The zero-order chi connectivity index (χ0) is 13.8. The fourth-order valence-corrected chi connectivity index (χ4v) is 3.19. The number of rotatable bonds is 5. The molecule has 0 saturated carbocycles. The van der Waals surface area contributed by atoms with Crippen molar-refractivity contribution in [3.63, 3.8) is 0 Å². The van der Waals surface area contributed by atoms with Crippen LogP contribution >= 0.6 is 11.3 Å². The lowest BCUT2D eigenvalue weighted by atomic mass is 10.2. The Morgan fingerprint density at radius 2 is 2.42 bits per heavy atom. The highest BCUT2D eigenvalue weighted by molar-refractivity contribution is 7.18. The van der Waals surface area contributed by atoms with Crippen LogP contribution in [0.3, 0.4) is 0 Å². The molecule has 0 spiro atoms. The predicted octanol–water partition coefficient (Wildman–Crippen LogP) is 0.981. The normalized spacial score (nSPS) is 19.6. The van der Waals surface area contributed by atoms with Gasteiger partial charge in [-0.05, 0) is 25.9 Å². The molecule has 0 aliphatic carbocycles. The largest absolute Gasteiger partial charge is 0.382 e. The number of nitrogens with one attached hydrogen (secondary N) is 2. The van der Waals surface area contributed by atoms with Crippen LogP contribution in [-0.4, -0.2) is 48.5 Å². The van der Waals surface area contributed by atoms with Gasteiger partial charge < -0.3 is 16.4 Å². The summed E-state index contributed by atoms with van der Waals surface area (Å²) in [6, 6.07) is 0.451. The van der Waals surface area contributed by atoms with E-state index < -0.39 is 0 Å². The molecule has 0 bridgehead atoms. The number of amides is 1. The summed E-state index contributed by atoms with van der Waals surface area (Å²) >= 11 is 1.28. The van der Waals surface area contributed by atoms with Gasteiger partial charge in [-0.25, -0.2) is 4.98 Å². The molecule has 0 aromatic carbocycles. The Kier molecular flexibility index (Phi) is 4.60. The summed E-state index contributed by atoms with van der Waals surface area (Å²) in [5.41, 5.74) is 5.74. The van der Waals surface area contributed by atoms with Crippen LogP contribution in [-0.2, 0) is 0 Å². The second-order valence-corrected chi connectivity index (χ2v) is 5.62. The number of hydrogen-bond donors (Lipinski definition) is 3. The Bertz CT molecular complexity index is 447. The lowest BCUT2D eigenvalue weighted by molar-refractivity contribution is 0.0946. The van der Waals surface area contributed by atoms with E-state index in [9.17, 15) is 4.79 Å². The maximum atomic E-state index is 12.1. The maximum absolute atomic E-state index is 12.1. The zero-order valence-corrected chi connectivity index (χ0v) is 12.2. The van der Waals surface area contributed by atoms with Crippen LogP contribution in [0.1, 0.15) is 29.4 Å².